The van der Waals surface area contributed by atoms with Gasteiger partial charge in [0.05, 0.1) is 12.4 Å². The molecule has 1 saturated heterocycles. The third-order valence-corrected chi connectivity index (χ3v) is 4.57. The van der Waals surface area contributed by atoms with Crippen molar-refractivity contribution in [2.45, 2.75) is 6.54 Å². The molecule has 0 radical (unpaired) electrons. The van der Waals surface area contributed by atoms with Crippen LogP contribution < -0.4 is 14.8 Å². The van der Waals surface area contributed by atoms with Gasteiger partial charge in [-0.2, -0.15) is 0 Å². The number of aromatic nitrogens is 2. The van der Waals surface area contributed by atoms with Crippen molar-refractivity contribution >= 4 is 11.7 Å². The Labute approximate surface area is 151 Å². The molecular formula is C18H21N5O3. The van der Waals surface area contributed by atoms with Crippen molar-refractivity contribution in [1.29, 1.82) is 0 Å². The molecule has 1 aromatic heterocycles. The molecule has 2 aromatic rings. The van der Waals surface area contributed by atoms with Gasteiger partial charge in [-0.05, 0) is 24.7 Å². The van der Waals surface area contributed by atoms with E-state index < -0.39 is 0 Å². The molecule has 1 aromatic carbocycles. The molecule has 2 aliphatic rings. The zero-order chi connectivity index (χ0) is 17.9. The molecule has 0 aliphatic carbocycles. The number of piperazine rings is 1. The van der Waals surface area contributed by atoms with Crippen LogP contribution in [0.2, 0.25) is 0 Å². The summed E-state index contributed by atoms with van der Waals surface area (Å²) in [5, 5.41) is 3.20. The predicted octanol–water partition coefficient (Wildman–Crippen LogP) is 1.20. The molecule has 0 atom stereocenters. The van der Waals surface area contributed by atoms with Crippen molar-refractivity contribution in [2.75, 3.05) is 45.3 Å². The smallest absolute Gasteiger partial charge is 0.274 e. The molecule has 8 heteroatoms. The van der Waals surface area contributed by atoms with E-state index in [1.165, 1.54) is 6.20 Å². The zero-order valence-corrected chi connectivity index (χ0v) is 14.6. The Bertz CT molecular complexity index is 788. The number of nitrogens with one attached hydrogen (secondary N) is 1. The van der Waals surface area contributed by atoms with Gasteiger partial charge < -0.3 is 24.6 Å². The second-order valence-electron chi connectivity index (χ2n) is 6.42. The summed E-state index contributed by atoms with van der Waals surface area (Å²) in [4.78, 5) is 25.1. The number of anilines is 1. The predicted molar refractivity (Wildman–Crippen MR) is 95.3 cm³/mol. The van der Waals surface area contributed by atoms with Gasteiger partial charge in [0.15, 0.2) is 11.5 Å². The summed E-state index contributed by atoms with van der Waals surface area (Å²) in [7, 11) is 2.06. The number of hydrogen-bond donors (Lipinski definition) is 1. The first-order chi connectivity index (χ1) is 12.7. The molecule has 136 valence electrons. The van der Waals surface area contributed by atoms with Crippen LogP contribution in [0.3, 0.4) is 0 Å². The van der Waals surface area contributed by atoms with Crippen LogP contribution in [0.5, 0.6) is 11.5 Å². The van der Waals surface area contributed by atoms with Crippen molar-refractivity contribution in [2.24, 2.45) is 0 Å². The van der Waals surface area contributed by atoms with Gasteiger partial charge in [0, 0.05) is 32.7 Å². The summed E-state index contributed by atoms with van der Waals surface area (Å²) < 4.78 is 10.7. The lowest BCUT2D eigenvalue weighted by Gasteiger charge is -2.32. The minimum atomic E-state index is -0.0621. The fourth-order valence-electron chi connectivity index (χ4n) is 2.94. The number of likely N-dealkylation sites (N-methyl/N-ethyl adjacent to an activating group) is 1. The normalized spacial score (nSPS) is 16.6. The highest BCUT2D eigenvalue weighted by Gasteiger charge is 2.21. The maximum Gasteiger partial charge on any atom is 0.274 e. The fourth-order valence-corrected chi connectivity index (χ4v) is 2.94. The standard InChI is InChI=1S/C18H21N5O3/c1-22-4-6-23(7-5-22)18(24)14-10-21-17(11-19-14)20-9-13-2-3-15-16(8-13)26-12-25-15/h2-3,8,10-11H,4-7,9,12H2,1H3,(H,20,21). The summed E-state index contributed by atoms with van der Waals surface area (Å²) in [5.74, 6) is 2.08. The number of hydrogen-bond acceptors (Lipinski definition) is 7. The van der Waals surface area contributed by atoms with Crippen molar-refractivity contribution in [3.05, 3.63) is 41.9 Å². The van der Waals surface area contributed by atoms with E-state index in [0.29, 0.717) is 18.1 Å². The molecule has 0 unspecified atom stereocenters. The lowest BCUT2D eigenvalue weighted by Crippen LogP contribution is -2.47. The quantitative estimate of drug-likeness (QED) is 0.883. The third-order valence-electron chi connectivity index (χ3n) is 4.57. The van der Waals surface area contributed by atoms with Crippen molar-refractivity contribution in [3.63, 3.8) is 0 Å². The largest absolute Gasteiger partial charge is 0.454 e. The SMILES string of the molecule is CN1CCN(C(=O)c2cnc(NCc3ccc4c(c3)OCO4)cn2)CC1. The first-order valence-corrected chi connectivity index (χ1v) is 8.61. The Hall–Kier alpha value is -2.87. The van der Waals surface area contributed by atoms with E-state index in [1.54, 1.807) is 6.20 Å². The van der Waals surface area contributed by atoms with E-state index in [9.17, 15) is 4.79 Å². The van der Waals surface area contributed by atoms with Gasteiger partial charge in [0.2, 0.25) is 6.79 Å². The first-order valence-electron chi connectivity index (χ1n) is 8.61. The molecule has 2 aliphatic heterocycles. The van der Waals surface area contributed by atoms with Crippen LogP contribution in [0.15, 0.2) is 30.6 Å². The van der Waals surface area contributed by atoms with Crippen LogP contribution in [-0.4, -0.2) is 65.7 Å². The second kappa shape index (κ2) is 7.17. The van der Waals surface area contributed by atoms with E-state index >= 15 is 0 Å². The molecule has 0 spiro atoms. The van der Waals surface area contributed by atoms with Gasteiger partial charge in [-0.1, -0.05) is 6.07 Å². The summed E-state index contributed by atoms with van der Waals surface area (Å²) in [6, 6.07) is 5.80. The van der Waals surface area contributed by atoms with Gasteiger partial charge in [-0.25, -0.2) is 9.97 Å². The van der Waals surface area contributed by atoms with Crippen LogP contribution in [0, 0.1) is 0 Å². The van der Waals surface area contributed by atoms with Gasteiger partial charge in [-0.3, -0.25) is 4.79 Å². The molecule has 1 N–H and O–H groups in total. The number of carbonyl (C=O) groups excluding carboxylic acids is 1. The van der Waals surface area contributed by atoms with E-state index in [-0.39, 0.29) is 12.7 Å². The van der Waals surface area contributed by atoms with Crippen molar-refractivity contribution in [1.82, 2.24) is 19.8 Å². The monoisotopic (exact) mass is 355 g/mol. The number of ether oxygens (including phenoxy) is 2. The molecule has 4 rings (SSSR count). The Balaban J connectivity index is 1.35. The number of fused-ring (bicyclic) bond motifs is 1. The van der Waals surface area contributed by atoms with Crippen molar-refractivity contribution in [3.8, 4) is 11.5 Å². The summed E-state index contributed by atoms with van der Waals surface area (Å²) in [6.07, 6.45) is 3.12. The summed E-state index contributed by atoms with van der Waals surface area (Å²) in [5.41, 5.74) is 1.43. The molecule has 1 fully saturated rings. The number of nitrogens with zero attached hydrogens (tertiary/aromatic N) is 4. The first kappa shape index (κ1) is 16.6. The topological polar surface area (TPSA) is 79.8 Å². The summed E-state index contributed by atoms with van der Waals surface area (Å²) >= 11 is 0. The maximum absolute atomic E-state index is 12.5. The van der Waals surface area contributed by atoms with Gasteiger partial charge >= 0.3 is 0 Å². The molecule has 0 saturated carbocycles. The van der Waals surface area contributed by atoms with E-state index in [2.05, 4.69) is 27.2 Å². The van der Waals surface area contributed by atoms with E-state index in [4.69, 9.17) is 9.47 Å². The van der Waals surface area contributed by atoms with Gasteiger partial charge in [-0.15, -0.1) is 0 Å². The Morgan fingerprint density at radius 3 is 2.69 bits per heavy atom. The minimum Gasteiger partial charge on any atom is -0.454 e. The second-order valence-corrected chi connectivity index (χ2v) is 6.42. The molecule has 26 heavy (non-hydrogen) atoms. The van der Waals surface area contributed by atoms with Crippen molar-refractivity contribution < 1.29 is 14.3 Å². The molecule has 1 amide bonds. The number of amides is 1. The number of carbonyl (C=O) groups is 1. The third kappa shape index (κ3) is 3.55. The number of benzene rings is 1. The molecule has 8 nitrogen and oxygen atoms in total. The summed E-state index contributed by atoms with van der Waals surface area (Å²) in [6.45, 7) is 4.06. The molecular weight excluding hydrogens is 334 g/mol. The Kier molecular flexibility index (Phi) is 4.57. The van der Waals surface area contributed by atoms with Crippen LogP contribution in [-0.2, 0) is 6.54 Å². The fraction of sp³-hybridized carbons (Fsp3) is 0.389. The van der Waals surface area contributed by atoms with Crippen LogP contribution in [0.1, 0.15) is 16.1 Å². The highest BCUT2D eigenvalue weighted by atomic mass is 16.7. The molecule has 0 bridgehead atoms. The Morgan fingerprint density at radius 1 is 1.12 bits per heavy atom. The highest BCUT2D eigenvalue weighted by Crippen LogP contribution is 2.32. The minimum absolute atomic E-state index is 0.0621. The zero-order valence-electron chi connectivity index (χ0n) is 14.6. The Morgan fingerprint density at radius 2 is 1.92 bits per heavy atom. The van der Waals surface area contributed by atoms with Gasteiger partial charge in [0.1, 0.15) is 11.5 Å². The molecule has 3 heterocycles. The van der Waals surface area contributed by atoms with Crippen LogP contribution in [0.25, 0.3) is 0 Å². The van der Waals surface area contributed by atoms with E-state index in [0.717, 1.165) is 43.2 Å². The van der Waals surface area contributed by atoms with Crippen LogP contribution in [0.4, 0.5) is 5.82 Å². The highest BCUT2D eigenvalue weighted by molar-refractivity contribution is 5.92. The lowest BCUT2D eigenvalue weighted by atomic mass is 10.2. The van der Waals surface area contributed by atoms with Crippen LogP contribution >= 0.6 is 0 Å². The lowest BCUT2D eigenvalue weighted by molar-refractivity contribution is 0.0658. The average Bonchev–Trinajstić information content (AvgIpc) is 3.15. The maximum atomic E-state index is 12.5. The van der Waals surface area contributed by atoms with Gasteiger partial charge in [0.25, 0.3) is 5.91 Å². The average molecular weight is 355 g/mol. The van der Waals surface area contributed by atoms with E-state index in [1.807, 2.05) is 23.1 Å². The number of rotatable bonds is 4.